The predicted molar refractivity (Wildman–Crippen MR) is 212 cm³/mol. The van der Waals surface area contributed by atoms with E-state index in [1.54, 1.807) is 64.0 Å². The topological polar surface area (TPSA) is 83.1 Å². The molecule has 0 atom stereocenters. The molecule has 0 aliphatic rings. The summed E-state index contributed by atoms with van der Waals surface area (Å²) in [6.07, 6.45) is 0. The van der Waals surface area contributed by atoms with Gasteiger partial charge in [0.05, 0.1) is 64.0 Å². The van der Waals surface area contributed by atoms with Crippen molar-refractivity contribution in [2.24, 2.45) is 0 Å². The molecule has 0 unspecified atom stereocenters. The number of benzene rings is 3. The van der Waals surface area contributed by atoms with Crippen LogP contribution in [0.15, 0.2) is 0 Å². The van der Waals surface area contributed by atoms with Crippen molar-refractivity contribution in [3.05, 3.63) is 55.6 Å². The van der Waals surface area contributed by atoms with Gasteiger partial charge in [-0.1, -0.05) is 27.7 Å². The van der Waals surface area contributed by atoms with Crippen LogP contribution in [0, 0.1) is 69.2 Å². The minimum atomic E-state index is -3.86. The summed E-state index contributed by atoms with van der Waals surface area (Å²) in [4.78, 5) is 0. The van der Waals surface area contributed by atoms with Gasteiger partial charge in [-0.3, -0.25) is 0 Å². The minimum Gasteiger partial charge on any atom is -1.00 e. The van der Waals surface area contributed by atoms with Crippen LogP contribution in [-0.2, 0) is 21.7 Å². The molecule has 14 heteroatoms. The van der Waals surface area contributed by atoms with E-state index in [4.69, 9.17) is 42.6 Å². The third-order valence-electron chi connectivity index (χ3n) is 11.5. The summed E-state index contributed by atoms with van der Waals surface area (Å²) >= 11 is 0. The van der Waals surface area contributed by atoms with Gasteiger partial charge in [-0.2, -0.15) is 27.4 Å². The van der Waals surface area contributed by atoms with Gasteiger partial charge in [-0.25, -0.2) is 0 Å². The fourth-order valence-corrected chi connectivity index (χ4v) is 15.4. The summed E-state index contributed by atoms with van der Waals surface area (Å²) in [5, 5.41) is 4.06. The molecule has 4 aromatic rings. The van der Waals surface area contributed by atoms with Gasteiger partial charge in [-0.05, 0) is 74.9 Å². The predicted octanol–water partition coefficient (Wildman–Crippen LogP) is -3.05. The molecule has 308 valence electrons. The molecular formula is C42H57Cl3O9SiTi. The van der Waals surface area contributed by atoms with E-state index < -0.39 is 8.07 Å². The second-order valence-corrected chi connectivity index (χ2v) is 16.8. The van der Waals surface area contributed by atoms with Crippen LogP contribution in [0.1, 0.15) is 55.6 Å². The molecular weight excluding hydrogens is 831 g/mol. The molecule has 0 N–H and O–H groups in total. The summed E-state index contributed by atoms with van der Waals surface area (Å²) in [7, 11) is 11.1. The van der Waals surface area contributed by atoms with E-state index >= 15 is 0 Å². The maximum atomic E-state index is 6.56. The molecule has 9 nitrogen and oxygen atoms in total. The van der Waals surface area contributed by atoms with Gasteiger partial charge in [0, 0.05) is 15.6 Å². The van der Waals surface area contributed by atoms with Gasteiger partial charge in [0.2, 0.25) is 17.2 Å². The van der Waals surface area contributed by atoms with E-state index in [1.165, 1.54) is 27.4 Å². The first-order valence-corrected chi connectivity index (χ1v) is 19.3. The van der Waals surface area contributed by atoms with Crippen LogP contribution in [-0.4, -0.2) is 72.1 Å². The molecule has 0 saturated carbocycles. The zero-order chi connectivity index (χ0) is 39.1. The van der Waals surface area contributed by atoms with E-state index in [0.717, 1.165) is 48.9 Å². The van der Waals surface area contributed by atoms with Crippen molar-refractivity contribution in [2.75, 3.05) is 64.0 Å². The molecule has 0 spiro atoms. The van der Waals surface area contributed by atoms with Gasteiger partial charge < -0.3 is 79.9 Å². The van der Waals surface area contributed by atoms with Gasteiger partial charge in [0.15, 0.2) is 42.6 Å². The zero-order valence-corrected chi connectivity index (χ0v) is 41.1. The maximum absolute atomic E-state index is 6.56. The monoisotopic (exact) mass is 886 g/mol. The zero-order valence-electron chi connectivity index (χ0n) is 36.3. The van der Waals surface area contributed by atoms with Crippen LogP contribution >= 0.6 is 0 Å². The summed E-state index contributed by atoms with van der Waals surface area (Å²) in [5.41, 5.74) is 10.5. The van der Waals surface area contributed by atoms with Crippen molar-refractivity contribution in [3.8, 4) is 51.7 Å². The third-order valence-corrected chi connectivity index (χ3v) is 17.1. The van der Waals surface area contributed by atoms with Crippen LogP contribution in [0.25, 0.3) is 0 Å². The number of methoxy groups -OCH3 is 9. The van der Waals surface area contributed by atoms with Gasteiger partial charge >= 0.3 is 21.7 Å². The Morgan fingerprint density at radius 1 is 0.321 bits per heavy atom. The molecule has 4 aromatic carbocycles. The average Bonchev–Trinajstić information content (AvgIpc) is 3.33. The van der Waals surface area contributed by atoms with Crippen molar-refractivity contribution < 1.29 is 102 Å². The molecule has 0 radical (unpaired) electrons. The summed E-state index contributed by atoms with van der Waals surface area (Å²) in [6, 6.07) is 0. The smallest absolute Gasteiger partial charge is 1.00 e. The Hall–Kier alpha value is -2.99. The molecule has 0 bridgehead atoms. The third kappa shape index (κ3) is 7.43. The maximum Gasteiger partial charge on any atom is 4.00 e. The number of hydrogen-bond donors (Lipinski definition) is 0. The van der Waals surface area contributed by atoms with Crippen molar-refractivity contribution in [3.63, 3.8) is 0 Å². The Morgan fingerprint density at radius 3 is 0.732 bits per heavy atom. The molecule has 0 fully saturated rings. The molecule has 4 rings (SSSR count). The van der Waals surface area contributed by atoms with E-state index in [0.29, 0.717) is 51.7 Å². The second kappa shape index (κ2) is 20.6. The largest absolute Gasteiger partial charge is 4.00 e. The second-order valence-electron chi connectivity index (χ2n) is 13.3. The number of rotatable bonds is 13. The Morgan fingerprint density at radius 2 is 0.554 bits per heavy atom. The van der Waals surface area contributed by atoms with Crippen molar-refractivity contribution >= 4 is 28.8 Å². The Kier molecular flexibility index (Phi) is 19.5. The Bertz CT molecular complexity index is 1840. The molecule has 0 heterocycles. The number of halogens is 3. The van der Waals surface area contributed by atoms with Crippen LogP contribution in [0.4, 0.5) is 0 Å². The minimum absolute atomic E-state index is 0. The normalized spacial score (nSPS) is 10.6. The average molecular weight is 888 g/mol. The van der Waals surface area contributed by atoms with Crippen LogP contribution in [0.3, 0.4) is 0 Å². The quantitative estimate of drug-likeness (QED) is 0.0792. The van der Waals surface area contributed by atoms with Gasteiger partial charge in [0.1, 0.15) is 0 Å². The standard InChI is InChI=1S/C42H57O9Si.3ClH.Ti/c1-20-21(2)26(7)39(25(20)6)52(40-27(8)22(3)30(43-11)33(46-14)36(40)49-17,41-28(9)23(4)31(44-12)34(47-15)37(41)50-18)42-29(10)24(5)32(45-13)35(48-16)38(42)51-19;;;;/h1-19H3;3*1H;/q-1;;;;+4/p-3. The summed E-state index contributed by atoms with van der Waals surface area (Å²) < 4.78 is 56.5. The summed E-state index contributed by atoms with van der Waals surface area (Å²) in [5.74, 6) is 4.99. The fraction of sp³-hybridized carbons (Fsp3) is 0.452. The Balaban J connectivity index is 0.00000756. The first-order valence-electron chi connectivity index (χ1n) is 17.3. The van der Waals surface area contributed by atoms with Crippen LogP contribution < -0.4 is 101 Å². The fourth-order valence-electron chi connectivity index (χ4n) is 8.51. The molecule has 0 aliphatic carbocycles. The van der Waals surface area contributed by atoms with E-state index in [2.05, 4.69) is 69.2 Å². The van der Waals surface area contributed by atoms with Crippen LogP contribution in [0.5, 0.6) is 51.7 Å². The van der Waals surface area contributed by atoms with E-state index in [9.17, 15) is 0 Å². The number of ether oxygens (including phenoxy) is 9. The molecule has 0 saturated heterocycles. The Labute approximate surface area is 368 Å². The van der Waals surface area contributed by atoms with Crippen LogP contribution in [0.2, 0.25) is 0 Å². The molecule has 56 heavy (non-hydrogen) atoms. The first kappa shape index (κ1) is 53.0. The van der Waals surface area contributed by atoms with E-state index in [-0.39, 0.29) is 58.9 Å². The molecule has 0 aliphatic heterocycles. The molecule has 0 amide bonds. The van der Waals surface area contributed by atoms with Crippen molar-refractivity contribution in [1.82, 2.24) is 0 Å². The van der Waals surface area contributed by atoms with E-state index in [1.807, 2.05) is 0 Å². The van der Waals surface area contributed by atoms with Gasteiger partial charge in [-0.15, -0.1) is 0 Å². The number of hydrogen-bond acceptors (Lipinski definition) is 9. The van der Waals surface area contributed by atoms with Crippen molar-refractivity contribution in [2.45, 2.75) is 69.2 Å². The first-order chi connectivity index (χ1) is 24.6. The SMILES string of the molecule is COc1c(C)c(C)c([Si](c2c(C)c(C)c(OC)c(OC)c2OC)(c2c(C)c(C)c(OC)c(OC)c2OC)c2c(C)c(C)c(C)[c-]2C)c(OC)c1OC.[Cl-].[Cl-].[Cl-].[Ti+4]. The summed E-state index contributed by atoms with van der Waals surface area (Å²) in [6.45, 7) is 21.4. The molecule has 0 aromatic heterocycles. The van der Waals surface area contributed by atoms with Gasteiger partial charge in [0.25, 0.3) is 0 Å². The van der Waals surface area contributed by atoms with Crippen molar-refractivity contribution in [1.29, 1.82) is 0 Å².